The van der Waals surface area contributed by atoms with Crippen LogP contribution in [0.1, 0.15) is 36.1 Å². The second-order valence-corrected chi connectivity index (χ2v) is 8.31. The quantitative estimate of drug-likeness (QED) is 0.386. The Morgan fingerprint density at radius 3 is 2.29 bits per heavy atom. The summed E-state index contributed by atoms with van der Waals surface area (Å²) in [5.41, 5.74) is 5.10. The van der Waals surface area contributed by atoms with E-state index in [0.717, 1.165) is 22.3 Å². The van der Waals surface area contributed by atoms with Crippen LogP contribution in [0.3, 0.4) is 0 Å². The van der Waals surface area contributed by atoms with Gasteiger partial charge in [-0.1, -0.05) is 48.5 Å². The lowest BCUT2D eigenvalue weighted by Gasteiger charge is -2.18. The zero-order chi connectivity index (χ0) is 24.1. The van der Waals surface area contributed by atoms with Gasteiger partial charge < -0.3 is 25.5 Å². The summed E-state index contributed by atoms with van der Waals surface area (Å²) < 4.78 is 5.49. The third kappa shape index (κ3) is 5.25. The number of nitrogens with zero attached hydrogens (tertiary/aromatic N) is 1. The van der Waals surface area contributed by atoms with Crippen LogP contribution in [0.2, 0.25) is 0 Å². The lowest BCUT2D eigenvalue weighted by molar-refractivity contribution is -0.141. The minimum Gasteiger partial charge on any atom is -0.480 e. The van der Waals surface area contributed by atoms with Gasteiger partial charge in [-0.3, -0.25) is 4.79 Å². The predicted molar refractivity (Wildman–Crippen MR) is 124 cm³/mol. The van der Waals surface area contributed by atoms with Crippen molar-refractivity contribution >= 4 is 18.0 Å². The van der Waals surface area contributed by atoms with Crippen LogP contribution in [0, 0.1) is 0 Å². The molecule has 4 N–H and O–H groups in total. The van der Waals surface area contributed by atoms with Crippen LogP contribution in [0.4, 0.5) is 4.79 Å². The second-order valence-electron chi connectivity index (χ2n) is 8.31. The van der Waals surface area contributed by atoms with Crippen LogP contribution in [0.25, 0.3) is 11.1 Å². The lowest BCUT2D eigenvalue weighted by Crippen LogP contribution is -2.45. The Hall–Kier alpha value is -4.14. The first-order valence-corrected chi connectivity index (χ1v) is 11.0. The second kappa shape index (κ2) is 10.2. The molecule has 1 aliphatic rings. The first-order valence-electron chi connectivity index (χ1n) is 11.0. The largest absolute Gasteiger partial charge is 0.480 e. The molecule has 2 aromatic carbocycles. The highest BCUT2D eigenvalue weighted by molar-refractivity contribution is 5.84. The number of benzene rings is 2. The number of carbonyl (C=O) groups excluding carboxylic acids is 2. The van der Waals surface area contributed by atoms with Gasteiger partial charge in [0.1, 0.15) is 12.6 Å². The fraction of sp³-hybridized carbons (Fsp3) is 0.280. The molecule has 176 valence electrons. The molecule has 0 saturated heterocycles. The van der Waals surface area contributed by atoms with Gasteiger partial charge in [0, 0.05) is 36.7 Å². The van der Waals surface area contributed by atoms with Crippen molar-refractivity contribution in [1.82, 2.24) is 20.6 Å². The number of rotatable bonds is 9. The monoisotopic (exact) mass is 462 g/mol. The molecule has 2 amide bonds. The highest BCUT2D eigenvalue weighted by atomic mass is 16.5. The molecule has 3 aromatic rings. The molecule has 0 fully saturated rings. The molecule has 1 heterocycles. The molecule has 2 atom stereocenters. The summed E-state index contributed by atoms with van der Waals surface area (Å²) in [6, 6.07) is 14.5. The molecule has 1 unspecified atom stereocenters. The highest BCUT2D eigenvalue weighted by Crippen LogP contribution is 2.44. The molecular weight excluding hydrogens is 436 g/mol. The van der Waals surface area contributed by atoms with Crippen molar-refractivity contribution in [2.24, 2.45) is 0 Å². The fourth-order valence-electron chi connectivity index (χ4n) is 4.24. The van der Waals surface area contributed by atoms with E-state index in [1.807, 2.05) is 36.4 Å². The Morgan fingerprint density at radius 2 is 1.71 bits per heavy atom. The normalized spacial score (nSPS) is 13.9. The Bertz CT molecular complexity index is 1130. The van der Waals surface area contributed by atoms with Gasteiger partial charge in [0.25, 0.3) is 0 Å². The van der Waals surface area contributed by atoms with Gasteiger partial charge in [0.2, 0.25) is 5.91 Å². The van der Waals surface area contributed by atoms with Crippen LogP contribution >= 0.6 is 0 Å². The van der Waals surface area contributed by atoms with Crippen LogP contribution in [0.15, 0.2) is 61.1 Å². The number of ether oxygens (including phenoxy) is 1. The topological polar surface area (TPSA) is 133 Å². The van der Waals surface area contributed by atoms with Crippen molar-refractivity contribution in [3.8, 4) is 11.1 Å². The van der Waals surface area contributed by atoms with Gasteiger partial charge in [0.15, 0.2) is 0 Å². The van der Waals surface area contributed by atoms with Crippen LogP contribution in [-0.4, -0.2) is 51.7 Å². The summed E-state index contributed by atoms with van der Waals surface area (Å²) in [5.74, 6) is -1.70. The van der Waals surface area contributed by atoms with Crippen molar-refractivity contribution in [2.75, 3.05) is 6.61 Å². The van der Waals surface area contributed by atoms with Crippen molar-refractivity contribution in [3.63, 3.8) is 0 Å². The Balaban J connectivity index is 1.28. The van der Waals surface area contributed by atoms with Crippen molar-refractivity contribution in [3.05, 3.63) is 77.9 Å². The molecule has 9 nitrogen and oxygen atoms in total. The molecule has 0 bridgehead atoms. The molecular formula is C25H26N4O5. The highest BCUT2D eigenvalue weighted by Gasteiger charge is 2.29. The lowest BCUT2D eigenvalue weighted by atomic mass is 9.98. The zero-order valence-electron chi connectivity index (χ0n) is 18.7. The number of aliphatic carboxylic acids is 1. The van der Waals surface area contributed by atoms with E-state index in [4.69, 9.17) is 4.74 Å². The minimum atomic E-state index is -1.15. The maximum Gasteiger partial charge on any atom is 0.407 e. The third-order valence-electron chi connectivity index (χ3n) is 5.81. The fourth-order valence-corrected chi connectivity index (χ4v) is 4.24. The molecule has 0 radical (unpaired) electrons. The van der Waals surface area contributed by atoms with Crippen molar-refractivity contribution in [1.29, 1.82) is 0 Å². The summed E-state index contributed by atoms with van der Waals surface area (Å²) in [6.07, 6.45) is 2.31. The van der Waals surface area contributed by atoms with E-state index in [0.29, 0.717) is 5.69 Å². The van der Waals surface area contributed by atoms with Crippen LogP contribution in [-0.2, 0) is 20.7 Å². The number of carbonyl (C=O) groups is 3. The van der Waals surface area contributed by atoms with Crippen molar-refractivity contribution < 1.29 is 24.2 Å². The molecule has 9 heteroatoms. The van der Waals surface area contributed by atoms with E-state index in [1.165, 1.54) is 12.5 Å². The predicted octanol–water partition coefficient (Wildman–Crippen LogP) is 2.84. The Morgan fingerprint density at radius 1 is 1.06 bits per heavy atom. The average molecular weight is 463 g/mol. The number of fused-ring (bicyclic) bond motifs is 3. The molecule has 0 spiro atoms. The van der Waals surface area contributed by atoms with Gasteiger partial charge in [-0.25, -0.2) is 14.6 Å². The standard InChI is InChI=1S/C25H26N4O5/c1-15(10-23(30)29-22(24(31)32)11-16-12-26-14-27-16)28-25(33)34-13-21-19-8-4-2-6-17(19)18-7-3-5-9-20(18)21/h2-9,12,14-15,21-22H,10-11,13H2,1H3,(H,26,27)(H,28,33)(H,29,30)(H,31,32)/t15-,22?/m0/s1. The number of hydrogen-bond donors (Lipinski definition) is 4. The number of nitrogens with one attached hydrogen (secondary N) is 3. The Kier molecular flexibility index (Phi) is 6.91. The number of hydrogen-bond acceptors (Lipinski definition) is 5. The average Bonchev–Trinajstić information content (AvgIpc) is 3.43. The SMILES string of the molecule is C[C@@H](CC(=O)NC(Cc1cnc[nH]1)C(=O)O)NC(=O)OCC1c2ccccc2-c2ccccc21. The number of amides is 2. The minimum absolute atomic E-state index is 0.0597. The maximum absolute atomic E-state index is 12.4. The zero-order valence-corrected chi connectivity index (χ0v) is 18.7. The summed E-state index contributed by atoms with van der Waals surface area (Å²) >= 11 is 0. The number of carboxylic acid groups (broad SMARTS) is 1. The van der Waals surface area contributed by atoms with E-state index in [9.17, 15) is 19.5 Å². The third-order valence-corrected chi connectivity index (χ3v) is 5.81. The molecule has 34 heavy (non-hydrogen) atoms. The molecule has 1 aliphatic carbocycles. The van der Waals surface area contributed by atoms with Gasteiger partial charge in [-0.15, -0.1) is 0 Å². The Labute approximate surface area is 196 Å². The van der Waals surface area contributed by atoms with Gasteiger partial charge in [0.05, 0.1) is 6.33 Å². The summed E-state index contributed by atoms with van der Waals surface area (Å²) in [5, 5.41) is 14.5. The van der Waals surface area contributed by atoms with E-state index in [2.05, 4.69) is 32.7 Å². The number of aromatic nitrogens is 2. The van der Waals surface area contributed by atoms with Crippen LogP contribution < -0.4 is 10.6 Å². The number of carboxylic acids is 1. The number of H-pyrrole nitrogens is 1. The van der Waals surface area contributed by atoms with E-state index in [1.54, 1.807) is 6.92 Å². The molecule has 0 aliphatic heterocycles. The molecule has 0 saturated carbocycles. The van der Waals surface area contributed by atoms with E-state index >= 15 is 0 Å². The summed E-state index contributed by atoms with van der Waals surface area (Å²) in [4.78, 5) is 42.8. The summed E-state index contributed by atoms with van der Waals surface area (Å²) in [7, 11) is 0. The molecule has 4 rings (SSSR count). The number of aromatic amines is 1. The first-order chi connectivity index (χ1) is 16.4. The number of alkyl carbamates (subject to hydrolysis) is 1. The van der Waals surface area contributed by atoms with Gasteiger partial charge in [-0.05, 0) is 29.2 Å². The van der Waals surface area contributed by atoms with Gasteiger partial charge >= 0.3 is 12.1 Å². The van der Waals surface area contributed by atoms with Crippen molar-refractivity contribution in [2.45, 2.75) is 37.8 Å². The maximum atomic E-state index is 12.4. The van der Waals surface area contributed by atoms with Gasteiger partial charge in [-0.2, -0.15) is 0 Å². The van der Waals surface area contributed by atoms with E-state index in [-0.39, 0.29) is 25.4 Å². The first kappa shape index (κ1) is 23.0. The number of imidazole rings is 1. The van der Waals surface area contributed by atoms with Crippen LogP contribution in [0.5, 0.6) is 0 Å². The smallest absolute Gasteiger partial charge is 0.407 e. The summed E-state index contributed by atoms with van der Waals surface area (Å²) in [6.45, 7) is 1.83. The molecule has 1 aromatic heterocycles. The van der Waals surface area contributed by atoms with E-state index < -0.39 is 30.1 Å².